The quantitative estimate of drug-likeness (QED) is 0.646. The van der Waals surface area contributed by atoms with Gasteiger partial charge in [-0.25, -0.2) is 8.42 Å². The Balaban J connectivity index is 1.52. The molecule has 1 aromatic heterocycles. The molecule has 0 bridgehead atoms. The fraction of sp³-hybridized carbons (Fsp3) is 0.478. The smallest absolute Gasteiger partial charge is 0.256 e. The summed E-state index contributed by atoms with van der Waals surface area (Å²) in [6, 6.07) is 5.95. The number of hydrogen-bond acceptors (Lipinski definition) is 6. The highest BCUT2D eigenvalue weighted by Gasteiger charge is 2.30. The highest BCUT2D eigenvalue weighted by Crippen LogP contribution is 2.37. The van der Waals surface area contributed by atoms with Crippen molar-refractivity contribution in [3.63, 3.8) is 0 Å². The van der Waals surface area contributed by atoms with E-state index in [4.69, 9.17) is 5.73 Å². The lowest BCUT2D eigenvalue weighted by Crippen LogP contribution is -2.38. The lowest BCUT2D eigenvalue weighted by molar-refractivity contribution is 0.1000. The molecule has 10 heteroatoms. The minimum atomic E-state index is -3.63. The SMILES string of the molecule is CN1CCc2c(sc(NC(=O)c3ccc(S(=O)(=O)N(C)C4CCCCC4)cc3)c2C(N)=O)C1. The standard InChI is InChI=1S/C23H30N4O4S2/c1-26-13-12-18-19(14-26)32-23(20(18)21(24)28)25-22(29)15-8-10-17(11-9-15)33(30,31)27(2)16-6-4-3-5-7-16/h8-11,16H,3-7,12-14H2,1-2H3,(H2,24,28)(H,25,29). The molecule has 2 aromatic rings. The molecule has 4 rings (SSSR count). The van der Waals surface area contributed by atoms with Gasteiger partial charge in [0.05, 0.1) is 10.5 Å². The number of hydrogen-bond donors (Lipinski definition) is 2. The van der Waals surface area contributed by atoms with E-state index >= 15 is 0 Å². The van der Waals surface area contributed by atoms with Crippen LogP contribution in [0.1, 0.15) is 63.3 Å². The monoisotopic (exact) mass is 490 g/mol. The summed E-state index contributed by atoms with van der Waals surface area (Å²) in [4.78, 5) is 28.3. The second kappa shape index (κ2) is 9.54. The number of carbonyl (C=O) groups is 2. The zero-order valence-corrected chi connectivity index (χ0v) is 20.6. The van der Waals surface area contributed by atoms with E-state index in [2.05, 4.69) is 10.2 Å². The average Bonchev–Trinajstić information content (AvgIpc) is 3.16. The topological polar surface area (TPSA) is 113 Å². The highest BCUT2D eigenvalue weighted by atomic mass is 32.2. The van der Waals surface area contributed by atoms with E-state index in [1.54, 1.807) is 7.05 Å². The summed E-state index contributed by atoms with van der Waals surface area (Å²) in [5, 5.41) is 3.26. The number of nitrogens with zero attached hydrogens (tertiary/aromatic N) is 2. The molecule has 0 spiro atoms. The van der Waals surface area contributed by atoms with E-state index in [1.165, 1.54) is 39.9 Å². The lowest BCUT2D eigenvalue weighted by Gasteiger charge is -2.30. The number of likely N-dealkylation sites (N-methyl/N-ethyl adjacent to an activating group) is 1. The Morgan fingerprint density at radius 3 is 2.45 bits per heavy atom. The molecule has 0 unspecified atom stereocenters. The minimum Gasteiger partial charge on any atom is -0.365 e. The zero-order valence-electron chi connectivity index (χ0n) is 19.0. The summed E-state index contributed by atoms with van der Waals surface area (Å²) in [6.07, 6.45) is 5.68. The Kier molecular flexibility index (Phi) is 6.90. The number of thiophene rings is 1. The van der Waals surface area contributed by atoms with E-state index in [-0.39, 0.29) is 10.9 Å². The Morgan fingerprint density at radius 2 is 1.82 bits per heavy atom. The van der Waals surface area contributed by atoms with Crippen LogP contribution in [0.5, 0.6) is 0 Å². The van der Waals surface area contributed by atoms with Gasteiger partial charge in [-0.15, -0.1) is 11.3 Å². The Hall–Kier alpha value is -2.27. The van der Waals surface area contributed by atoms with Gasteiger partial charge in [-0.05, 0) is 56.1 Å². The normalized spacial score (nSPS) is 17.7. The first-order valence-electron chi connectivity index (χ1n) is 11.2. The predicted octanol–water partition coefficient (Wildman–Crippen LogP) is 3.04. The van der Waals surface area contributed by atoms with Crippen LogP contribution in [-0.4, -0.2) is 56.1 Å². The van der Waals surface area contributed by atoms with Gasteiger partial charge in [0, 0.05) is 36.6 Å². The Labute approximate surface area is 198 Å². The fourth-order valence-electron chi connectivity index (χ4n) is 4.64. The van der Waals surface area contributed by atoms with Crippen LogP contribution in [0.15, 0.2) is 29.2 Å². The van der Waals surface area contributed by atoms with Crippen LogP contribution in [0.3, 0.4) is 0 Å². The van der Waals surface area contributed by atoms with Gasteiger partial charge in [0.15, 0.2) is 0 Å². The van der Waals surface area contributed by atoms with Crippen molar-refractivity contribution in [1.29, 1.82) is 0 Å². The number of fused-ring (bicyclic) bond motifs is 1. The van der Waals surface area contributed by atoms with E-state index < -0.39 is 21.8 Å². The maximum Gasteiger partial charge on any atom is 0.256 e. The van der Waals surface area contributed by atoms with Crippen LogP contribution in [0.4, 0.5) is 5.00 Å². The molecule has 2 aliphatic rings. The molecule has 0 atom stereocenters. The van der Waals surface area contributed by atoms with E-state index in [0.717, 1.165) is 49.1 Å². The third-order valence-corrected chi connectivity index (χ3v) is 9.66. The van der Waals surface area contributed by atoms with Crippen LogP contribution in [0, 0.1) is 0 Å². The maximum atomic E-state index is 13.0. The summed E-state index contributed by atoms with van der Waals surface area (Å²) in [6.45, 7) is 1.53. The van der Waals surface area contributed by atoms with Gasteiger partial charge >= 0.3 is 0 Å². The van der Waals surface area contributed by atoms with Crippen molar-refractivity contribution in [3.05, 3.63) is 45.8 Å². The number of benzene rings is 1. The first kappa shape index (κ1) is 23.9. The van der Waals surface area contributed by atoms with E-state index in [1.807, 2.05) is 7.05 Å². The Morgan fingerprint density at radius 1 is 1.15 bits per heavy atom. The van der Waals surface area contributed by atoms with Gasteiger partial charge in [0.2, 0.25) is 10.0 Å². The van der Waals surface area contributed by atoms with Crippen molar-refractivity contribution in [2.75, 3.05) is 26.0 Å². The van der Waals surface area contributed by atoms with Crippen LogP contribution in [0.25, 0.3) is 0 Å². The molecule has 0 radical (unpaired) electrons. The molecule has 2 amide bonds. The maximum absolute atomic E-state index is 13.0. The first-order chi connectivity index (χ1) is 15.7. The molecular weight excluding hydrogens is 460 g/mol. The number of nitrogens with two attached hydrogens (primary N) is 1. The van der Waals surface area contributed by atoms with Gasteiger partial charge in [-0.2, -0.15) is 4.31 Å². The summed E-state index contributed by atoms with van der Waals surface area (Å²) >= 11 is 1.37. The second-order valence-electron chi connectivity index (χ2n) is 8.85. The van der Waals surface area contributed by atoms with Gasteiger partial charge in [-0.1, -0.05) is 19.3 Å². The number of sulfonamides is 1. The zero-order chi connectivity index (χ0) is 23.8. The molecule has 8 nitrogen and oxygen atoms in total. The number of anilines is 1. The van der Waals surface area contributed by atoms with Gasteiger partial charge in [0.25, 0.3) is 11.8 Å². The molecular formula is C23H30N4O4S2. The van der Waals surface area contributed by atoms with Crippen LogP contribution >= 0.6 is 11.3 Å². The van der Waals surface area contributed by atoms with Crippen LogP contribution < -0.4 is 11.1 Å². The molecule has 3 N–H and O–H groups in total. The number of rotatable bonds is 6. The lowest BCUT2D eigenvalue weighted by atomic mass is 9.96. The molecule has 1 aliphatic heterocycles. The summed E-state index contributed by atoms with van der Waals surface area (Å²) in [7, 11) is 0.0109. The molecule has 1 aliphatic carbocycles. The molecule has 2 heterocycles. The average molecular weight is 491 g/mol. The van der Waals surface area contributed by atoms with E-state index in [0.29, 0.717) is 29.1 Å². The summed E-state index contributed by atoms with van der Waals surface area (Å²) in [5.41, 5.74) is 7.22. The summed E-state index contributed by atoms with van der Waals surface area (Å²) in [5.74, 6) is -0.964. The largest absolute Gasteiger partial charge is 0.365 e. The van der Waals surface area contributed by atoms with Gasteiger partial charge < -0.3 is 16.0 Å². The Bertz CT molecular complexity index is 1150. The van der Waals surface area contributed by atoms with Crippen molar-refractivity contribution in [3.8, 4) is 0 Å². The van der Waals surface area contributed by atoms with Crippen molar-refractivity contribution in [2.45, 2.75) is 56.0 Å². The highest BCUT2D eigenvalue weighted by molar-refractivity contribution is 7.89. The van der Waals surface area contributed by atoms with Crippen LogP contribution in [-0.2, 0) is 23.0 Å². The summed E-state index contributed by atoms with van der Waals surface area (Å²) < 4.78 is 27.5. The third-order valence-electron chi connectivity index (χ3n) is 6.60. The second-order valence-corrected chi connectivity index (χ2v) is 12.0. The number of nitrogens with one attached hydrogen (secondary N) is 1. The van der Waals surface area contributed by atoms with Gasteiger partial charge in [0.1, 0.15) is 5.00 Å². The first-order valence-corrected chi connectivity index (χ1v) is 13.5. The number of carbonyl (C=O) groups excluding carboxylic acids is 2. The van der Waals surface area contributed by atoms with Crippen molar-refractivity contribution in [1.82, 2.24) is 9.21 Å². The third kappa shape index (κ3) is 4.84. The molecule has 0 saturated heterocycles. The van der Waals surface area contributed by atoms with Crippen molar-refractivity contribution < 1.29 is 18.0 Å². The fourth-order valence-corrected chi connectivity index (χ4v) is 7.38. The predicted molar refractivity (Wildman–Crippen MR) is 129 cm³/mol. The minimum absolute atomic E-state index is 0.0165. The van der Waals surface area contributed by atoms with Gasteiger partial charge in [-0.3, -0.25) is 9.59 Å². The number of amides is 2. The van der Waals surface area contributed by atoms with Crippen molar-refractivity contribution >= 4 is 38.2 Å². The molecule has 178 valence electrons. The van der Waals surface area contributed by atoms with E-state index in [9.17, 15) is 18.0 Å². The van der Waals surface area contributed by atoms with Crippen LogP contribution in [0.2, 0.25) is 0 Å². The molecule has 1 saturated carbocycles. The molecule has 33 heavy (non-hydrogen) atoms. The van der Waals surface area contributed by atoms with Crippen molar-refractivity contribution in [2.24, 2.45) is 5.73 Å². The number of primary amides is 1. The molecule has 1 fully saturated rings. The molecule has 1 aromatic carbocycles.